The van der Waals surface area contributed by atoms with Gasteiger partial charge >= 0.3 is 5.97 Å². The van der Waals surface area contributed by atoms with Crippen molar-refractivity contribution >= 4 is 35.0 Å². The Morgan fingerprint density at radius 1 is 1.21 bits per heavy atom. The molecule has 0 unspecified atom stereocenters. The molecule has 6 heteroatoms. The molecule has 1 aromatic carbocycles. The summed E-state index contributed by atoms with van der Waals surface area (Å²) in [6.07, 6.45) is -0.173. The second kappa shape index (κ2) is 5.47. The lowest BCUT2D eigenvalue weighted by Crippen LogP contribution is -2.05. The zero-order valence-corrected chi connectivity index (χ0v) is 11.2. The lowest BCUT2D eigenvalue weighted by atomic mass is 10.1. The monoisotopic (exact) mass is 296 g/mol. The van der Waals surface area contributed by atoms with Crippen LogP contribution in [0, 0.1) is 0 Å². The van der Waals surface area contributed by atoms with E-state index in [1.54, 1.807) is 30.3 Å². The van der Waals surface area contributed by atoms with E-state index in [0.717, 1.165) is 0 Å². The Bertz CT molecular complexity index is 645. The molecular weight excluding hydrogens is 287 g/mol. The number of nitrogen functional groups attached to an aromatic ring is 1. The molecule has 2 aromatic rings. The van der Waals surface area contributed by atoms with Gasteiger partial charge in [0.15, 0.2) is 0 Å². The fourth-order valence-electron chi connectivity index (χ4n) is 1.70. The SMILES string of the molecule is Nc1nc(CC(=O)O)ccc1-c1cc(Cl)ccc1Cl. The van der Waals surface area contributed by atoms with Crippen LogP contribution in [-0.4, -0.2) is 16.1 Å². The van der Waals surface area contributed by atoms with Crippen LogP contribution in [0.3, 0.4) is 0 Å². The van der Waals surface area contributed by atoms with Crippen molar-refractivity contribution in [2.75, 3.05) is 5.73 Å². The molecule has 2 rings (SSSR count). The van der Waals surface area contributed by atoms with Gasteiger partial charge in [0.1, 0.15) is 5.82 Å². The standard InChI is InChI=1S/C13H10Cl2N2O2/c14-7-1-4-11(15)10(5-7)9-3-2-8(6-12(18)19)17-13(9)16/h1-5H,6H2,(H2,16,17)(H,18,19). The normalized spacial score (nSPS) is 10.4. The molecule has 19 heavy (non-hydrogen) atoms. The maximum atomic E-state index is 10.6. The van der Waals surface area contributed by atoms with E-state index in [1.165, 1.54) is 0 Å². The van der Waals surface area contributed by atoms with Crippen molar-refractivity contribution in [3.05, 3.63) is 46.1 Å². The number of aliphatic carboxylic acids is 1. The number of carboxylic acids is 1. The summed E-state index contributed by atoms with van der Waals surface area (Å²) in [5.74, 6) is -0.733. The summed E-state index contributed by atoms with van der Waals surface area (Å²) in [4.78, 5) is 14.7. The van der Waals surface area contributed by atoms with Crippen LogP contribution in [0.25, 0.3) is 11.1 Å². The van der Waals surface area contributed by atoms with Crippen molar-refractivity contribution in [2.24, 2.45) is 0 Å². The van der Waals surface area contributed by atoms with E-state index in [1.807, 2.05) is 0 Å². The van der Waals surface area contributed by atoms with Gasteiger partial charge in [0.2, 0.25) is 0 Å². The lowest BCUT2D eigenvalue weighted by molar-refractivity contribution is -0.136. The van der Waals surface area contributed by atoms with E-state index in [0.29, 0.717) is 26.9 Å². The first kappa shape index (κ1) is 13.6. The molecule has 0 aliphatic carbocycles. The molecule has 0 spiro atoms. The molecule has 3 N–H and O–H groups in total. The summed E-state index contributed by atoms with van der Waals surface area (Å²) >= 11 is 12.0. The maximum Gasteiger partial charge on any atom is 0.309 e. The van der Waals surface area contributed by atoms with Crippen LogP contribution in [0.1, 0.15) is 5.69 Å². The molecule has 1 aromatic heterocycles. The van der Waals surface area contributed by atoms with Crippen molar-refractivity contribution in [1.82, 2.24) is 4.98 Å². The number of pyridine rings is 1. The van der Waals surface area contributed by atoms with Gasteiger partial charge in [-0.15, -0.1) is 0 Å². The number of carbonyl (C=O) groups is 1. The average molecular weight is 297 g/mol. The topological polar surface area (TPSA) is 76.2 Å². The molecule has 0 aliphatic heterocycles. The van der Waals surface area contributed by atoms with E-state index in [4.69, 9.17) is 34.0 Å². The highest BCUT2D eigenvalue weighted by Crippen LogP contribution is 2.33. The molecular formula is C13H10Cl2N2O2. The molecule has 0 radical (unpaired) electrons. The highest BCUT2D eigenvalue weighted by atomic mass is 35.5. The van der Waals surface area contributed by atoms with Crippen molar-refractivity contribution < 1.29 is 9.90 Å². The quantitative estimate of drug-likeness (QED) is 0.911. The summed E-state index contributed by atoms with van der Waals surface area (Å²) in [7, 11) is 0. The van der Waals surface area contributed by atoms with Crippen molar-refractivity contribution in [1.29, 1.82) is 0 Å². The first-order valence-electron chi connectivity index (χ1n) is 5.40. The predicted octanol–water partition coefficient (Wildman–Crippen LogP) is 3.26. The van der Waals surface area contributed by atoms with E-state index in [9.17, 15) is 4.79 Å². The fraction of sp³-hybridized carbons (Fsp3) is 0.0769. The van der Waals surface area contributed by atoms with Gasteiger partial charge in [-0.3, -0.25) is 4.79 Å². The Labute approximate surface area is 119 Å². The van der Waals surface area contributed by atoms with Gasteiger partial charge in [-0.2, -0.15) is 0 Å². The fourth-order valence-corrected chi connectivity index (χ4v) is 2.09. The first-order valence-corrected chi connectivity index (χ1v) is 6.15. The number of nitrogens with zero attached hydrogens (tertiary/aromatic N) is 1. The van der Waals surface area contributed by atoms with Crippen LogP contribution < -0.4 is 5.73 Å². The highest BCUT2D eigenvalue weighted by molar-refractivity contribution is 6.35. The second-order valence-electron chi connectivity index (χ2n) is 3.93. The second-order valence-corrected chi connectivity index (χ2v) is 4.77. The average Bonchev–Trinajstić information content (AvgIpc) is 2.32. The third-order valence-corrected chi connectivity index (χ3v) is 3.10. The van der Waals surface area contributed by atoms with Gasteiger partial charge in [-0.1, -0.05) is 23.2 Å². The summed E-state index contributed by atoms with van der Waals surface area (Å²) in [5.41, 5.74) is 7.53. The molecule has 0 bridgehead atoms. The molecule has 0 atom stereocenters. The lowest BCUT2D eigenvalue weighted by Gasteiger charge is -2.09. The molecule has 1 heterocycles. The highest BCUT2D eigenvalue weighted by Gasteiger charge is 2.11. The number of anilines is 1. The number of carboxylic acid groups (broad SMARTS) is 1. The molecule has 98 valence electrons. The third-order valence-electron chi connectivity index (χ3n) is 2.53. The maximum absolute atomic E-state index is 10.6. The van der Waals surface area contributed by atoms with Gasteiger partial charge in [0.05, 0.1) is 12.1 Å². The Balaban J connectivity index is 2.46. The summed E-state index contributed by atoms with van der Waals surface area (Å²) < 4.78 is 0. The van der Waals surface area contributed by atoms with Crippen LogP contribution in [0.4, 0.5) is 5.82 Å². The molecule has 0 fully saturated rings. The van der Waals surface area contributed by atoms with Gasteiger partial charge in [0.25, 0.3) is 0 Å². The molecule has 0 saturated heterocycles. The van der Waals surface area contributed by atoms with E-state index < -0.39 is 5.97 Å². The number of benzene rings is 1. The van der Waals surface area contributed by atoms with Crippen LogP contribution in [0.15, 0.2) is 30.3 Å². The summed E-state index contributed by atoms with van der Waals surface area (Å²) in [6.45, 7) is 0. The van der Waals surface area contributed by atoms with Gasteiger partial charge in [-0.05, 0) is 30.3 Å². The van der Waals surface area contributed by atoms with Crippen molar-refractivity contribution in [3.63, 3.8) is 0 Å². The number of aromatic nitrogens is 1. The Morgan fingerprint density at radius 2 is 1.95 bits per heavy atom. The minimum atomic E-state index is -0.958. The largest absolute Gasteiger partial charge is 0.481 e. The number of halogens is 2. The van der Waals surface area contributed by atoms with Gasteiger partial charge < -0.3 is 10.8 Å². The molecule has 0 aliphatic rings. The van der Waals surface area contributed by atoms with E-state index in [2.05, 4.69) is 4.98 Å². The zero-order chi connectivity index (χ0) is 14.0. The Kier molecular flexibility index (Phi) is 3.93. The summed E-state index contributed by atoms with van der Waals surface area (Å²) in [6, 6.07) is 8.34. The summed E-state index contributed by atoms with van der Waals surface area (Å²) in [5, 5.41) is 9.74. The van der Waals surface area contributed by atoms with Crippen molar-refractivity contribution in [2.45, 2.75) is 6.42 Å². The Hall–Kier alpha value is -1.78. The van der Waals surface area contributed by atoms with Crippen molar-refractivity contribution in [3.8, 4) is 11.1 Å². The zero-order valence-electron chi connectivity index (χ0n) is 9.73. The number of hydrogen-bond acceptors (Lipinski definition) is 3. The van der Waals surface area contributed by atoms with Gasteiger partial charge in [0, 0.05) is 21.2 Å². The van der Waals surface area contributed by atoms with Crippen LogP contribution >= 0.6 is 23.2 Å². The van der Waals surface area contributed by atoms with Crippen LogP contribution in [0.2, 0.25) is 10.0 Å². The first-order chi connectivity index (χ1) is 8.97. The third kappa shape index (κ3) is 3.16. The van der Waals surface area contributed by atoms with E-state index >= 15 is 0 Å². The van der Waals surface area contributed by atoms with Crippen LogP contribution in [0.5, 0.6) is 0 Å². The smallest absolute Gasteiger partial charge is 0.309 e. The van der Waals surface area contributed by atoms with Gasteiger partial charge in [-0.25, -0.2) is 4.98 Å². The van der Waals surface area contributed by atoms with E-state index in [-0.39, 0.29) is 12.2 Å². The molecule has 4 nitrogen and oxygen atoms in total. The minimum absolute atomic E-state index is 0.173. The number of hydrogen-bond donors (Lipinski definition) is 2. The Morgan fingerprint density at radius 3 is 2.58 bits per heavy atom. The molecule has 0 saturated carbocycles. The minimum Gasteiger partial charge on any atom is -0.481 e. The molecule has 0 amide bonds. The predicted molar refractivity (Wildman–Crippen MR) is 75.4 cm³/mol. The number of nitrogens with two attached hydrogens (primary N) is 1. The number of rotatable bonds is 3. The van der Waals surface area contributed by atoms with Crippen LogP contribution in [-0.2, 0) is 11.2 Å².